The van der Waals surface area contributed by atoms with E-state index in [1.807, 2.05) is 0 Å². The van der Waals surface area contributed by atoms with Crippen molar-refractivity contribution < 1.29 is 18.7 Å². The van der Waals surface area contributed by atoms with Crippen molar-refractivity contribution in [2.24, 2.45) is 0 Å². The second-order valence-electron chi connectivity index (χ2n) is 4.05. The van der Waals surface area contributed by atoms with E-state index in [9.17, 15) is 18.7 Å². The van der Waals surface area contributed by atoms with Gasteiger partial charge in [-0.2, -0.15) is 0 Å². The number of nitrogen functional groups attached to an aromatic ring is 1. The van der Waals surface area contributed by atoms with Crippen molar-refractivity contribution in [3.8, 4) is 0 Å². The fourth-order valence-electron chi connectivity index (χ4n) is 1.65. The first kappa shape index (κ1) is 15.6. The van der Waals surface area contributed by atoms with Crippen molar-refractivity contribution in [1.29, 1.82) is 0 Å². The van der Waals surface area contributed by atoms with Gasteiger partial charge < -0.3 is 20.7 Å². The lowest BCUT2D eigenvalue weighted by molar-refractivity contribution is -0.121. The minimum atomic E-state index is -2.50. The number of aliphatic hydroxyl groups is 1. The summed E-state index contributed by atoms with van der Waals surface area (Å²) in [6.45, 7) is 1.09. The second-order valence-corrected chi connectivity index (χ2v) is 5.17. The highest BCUT2D eigenvalue weighted by Gasteiger charge is 2.25. The highest BCUT2D eigenvalue weighted by molar-refractivity contribution is 7.79. The smallest absolute Gasteiger partial charge is 0.220 e. The Labute approximate surface area is 114 Å². The zero-order valence-corrected chi connectivity index (χ0v) is 11.4. The average Bonchev–Trinajstić information content (AvgIpc) is 2.38. The summed E-state index contributed by atoms with van der Waals surface area (Å²) >= 11 is -2.50. The summed E-state index contributed by atoms with van der Waals surface area (Å²) in [6.07, 6.45) is 0.231. The first-order valence-corrected chi connectivity index (χ1v) is 6.97. The molecule has 0 radical (unpaired) electrons. The van der Waals surface area contributed by atoms with Crippen molar-refractivity contribution >= 4 is 22.7 Å². The van der Waals surface area contributed by atoms with E-state index in [1.54, 1.807) is 31.2 Å². The molecule has 0 bridgehead atoms. The Hall–Kier alpha value is -1.44. The summed E-state index contributed by atoms with van der Waals surface area (Å²) in [5.41, 5.74) is 6.68. The lowest BCUT2D eigenvalue weighted by Crippen LogP contribution is -2.40. The Balaban J connectivity index is 3.06. The van der Waals surface area contributed by atoms with E-state index in [0.717, 1.165) is 0 Å². The van der Waals surface area contributed by atoms with Crippen molar-refractivity contribution in [3.63, 3.8) is 0 Å². The van der Waals surface area contributed by atoms with Gasteiger partial charge in [-0.25, -0.2) is 0 Å². The van der Waals surface area contributed by atoms with E-state index in [0.29, 0.717) is 11.3 Å². The maximum atomic E-state index is 11.5. The highest BCUT2D eigenvalue weighted by atomic mass is 32.2. The van der Waals surface area contributed by atoms with Crippen LogP contribution in [0.4, 0.5) is 5.69 Å². The molecule has 7 heteroatoms. The van der Waals surface area contributed by atoms with Crippen LogP contribution in [0.15, 0.2) is 24.3 Å². The van der Waals surface area contributed by atoms with Gasteiger partial charge in [0.25, 0.3) is 0 Å². The summed E-state index contributed by atoms with van der Waals surface area (Å²) in [4.78, 5) is 11.5. The van der Waals surface area contributed by atoms with Crippen LogP contribution in [0.2, 0.25) is 0 Å². The number of rotatable bonds is 6. The molecule has 3 atom stereocenters. The van der Waals surface area contributed by atoms with Crippen molar-refractivity contribution in [2.45, 2.75) is 24.6 Å². The van der Waals surface area contributed by atoms with E-state index in [1.165, 1.54) is 0 Å². The number of benzene rings is 1. The molecule has 0 aromatic heterocycles. The molecule has 106 valence electrons. The second kappa shape index (κ2) is 7.22. The minimum Gasteiger partial charge on any atom is -0.772 e. The largest absolute Gasteiger partial charge is 0.772 e. The number of aliphatic hydroxyl groups excluding tert-OH is 1. The number of hydrogen-bond acceptors (Lipinski definition) is 5. The molecular formula is C12H17N2O4S-. The van der Waals surface area contributed by atoms with Crippen LogP contribution in [0.25, 0.3) is 0 Å². The topological polar surface area (TPSA) is 115 Å². The van der Waals surface area contributed by atoms with Crippen molar-refractivity contribution in [3.05, 3.63) is 29.8 Å². The van der Waals surface area contributed by atoms with Gasteiger partial charge in [-0.1, -0.05) is 19.1 Å². The maximum absolute atomic E-state index is 11.5. The molecule has 0 spiro atoms. The summed E-state index contributed by atoms with van der Waals surface area (Å²) < 4.78 is 22.3. The first-order chi connectivity index (χ1) is 8.99. The molecule has 0 heterocycles. The van der Waals surface area contributed by atoms with E-state index in [2.05, 4.69) is 5.32 Å². The number of anilines is 1. The summed E-state index contributed by atoms with van der Waals surface area (Å²) in [5.74, 6) is -0.286. The van der Waals surface area contributed by atoms with Gasteiger partial charge in [-0.05, 0) is 28.8 Å². The molecule has 0 aliphatic rings. The number of nitrogens with one attached hydrogen (secondary N) is 1. The predicted octanol–water partition coefficient (Wildman–Crippen LogP) is 0.0761. The number of hydrogen-bond donors (Lipinski definition) is 3. The molecule has 0 saturated heterocycles. The van der Waals surface area contributed by atoms with E-state index in [4.69, 9.17) is 5.73 Å². The summed E-state index contributed by atoms with van der Waals surface area (Å²) in [5, 5.41) is 10.7. The number of nitrogens with two attached hydrogens (primary N) is 1. The van der Waals surface area contributed by atoms with E-state index in [-0.39, 0.29) is 12.3 Å². The maximum Gasteiger partial charge on any atom is 0.220 e. The Kier molecular flexibility index (Phi) is 5.94. The molecule has 19 heavy (non-hydrogen) atoms. The van der Waals surface area contributed by atoms with Gasteiger partial charge in [0, 0.05) is 12.1 Å². The van der Waals surface area contributed by atoms with Gasteiger partial charge in [0.1, 0.15) is 0 Å². The average molecular weight is 285 g/mol. The molecule has 0 fully saturated rings. The number of carbonyl (C=O) groups is 1. The summed E-state index contributed by atoms with van der Waals surface area (Å²) in [6, 6.07) is 5.69. The van der Waals surface area contributed by atoms with E-state index < -0.39 is 29.0 Å². The van der Waals surface area contributed by atoms with Gasteiger partial charge in [-0.15, -0.1) is 0 Å². The van der Waals surface area contributed by atoms with Crippen molar-refractivity contribution in [1.82, 2.24) is 5.32 Å². The third-order valence-electron chi connectivity index (χ3n) is 2.73. The fourth-order valence-corrected chi connectivity index (χ4v) is 2.22. The number of carbonyl (C=O) groups excluding carboxylic acids is 1. The van der Waals surface area contributed by atoms with Gasteiger partial charge in [0.15, 0.2) is 0 Å². The predicted molar refractivity (Wildman–Crippen MR) is 71.8 cm³/mol. The highest BCUT2D eigenvalue weighted by Crippen LogP contribution is 2.21. The van der Waals surface area contributed by atoms with Gasteiger partial charge in [0.05, 0.1) is 17.9 Å². The Morgan fingerprint density at radius 2 is 2.05 bits per heavy atom. The third-order valence-corrected chi connectivity index (χ3v) is 3.65. The van der Waals surface area contributed by atoms with Gasteiger partial charge in [0.2, 0.25) is 5.91 Å². The van der Waals surface area contributed by atoms with Crippen LogP contribution in [0, 0.1) is 0 Å². The van der Waals surface area contributed by atoms with Gasteiger partial charge >= 0.3 is 0 Å². The van der Waals surface area contributed by atoms with Crippen LogP contribution >= 0.6 is 0 Å². The van der Waals surface area contributed by atoms with Crippen LogP contribution < -0.4 is 11.1 Å². The quantitative estimate of drug-likeness (QED) is 0.505. The van der Waals surface area contributed by atoms with Crippen LogP contribution in [0.5, 0.6) is 0 Å². The van der Waals surface area contributed by atoms with E-state index >= 15 is 0 Å². The molecule has 1 aromatic rings. The Morgan fingerprint density at radius 1 is 1.47 bits per heavy atom. The molecule has 0 saturated carbocycles. The normalized spacial score (nSPS) is 15.5. The lowest BCUT2D eigenvalue weighted by atomic mass is 10.0. The first-order valence-electron chi connectivity index (χ1n) is 5.83. The molecule has 0 aliphatic carbocycles. The molecule has 4 N–H and O–H groups in total. The zero-order chi connectivity index (χ0) is 14.4. The number of amides is 1. The summed E-state index contributed by atoms with van der Waals surface area (Å²) in [7, 11) is 0. The molecule has 3 unspecified atom stereocenters. The third kappa shape index (κ3) is 4.30. The van der Waals surface area contributed by atoms with Crippen LogP contribution in [0.3, 0.4) is 0 Å². The Morgan fingerprint density at radius 3 is 2.47 bits per heavy atom. The SMILES string of the molecule is CCC(=O)NC(c1ccc(N)cc1)C(CO)S(=O)[O-]. The Bertz CT molecular complexity index is 450. The molecule has 1 aromatic carbocycles. The molecule has 1 amide bonds. The van der Waals surface area contributed by atoms with Crippen LogP contribution in [0.1, 0.15) is 24.9 Å². The minimum absolute atomic E-state index is 0.231. The van der Waals surface area contributed by atoms with Crippen LogP contribution in [-0.2, 0) is 15.9 Å². The molecular weight excluding hydrogens is 268 g/mol. The van der Waals surface area contributed by atoms with Gasteiger partial charge in [-0.3, -0.25) is 9.00 Å². The monoisotopic (exact) mass is 285 g/mol. The molecule has 1 rings (SSSR count). The van der Waals surface area contributed by atoms with Crippen molar-refractivity contribution in [2.75, 3.05) is 12.3 Å². The van der Waals surface area contributed by atoms with Crippen LogP contribution in [-0.4, -0.2) is 31.6 Å². The molecule has 0 aliphatic heterocycles. The fraction of sp³-hybridized carbons (Fsp3) is 0.417. The molecule has 6 nitrogen and oxygen atoms in total. The standard InChI is InChI=1S/C12H18N2O4S/c1-2-11(16)14-12(10(7-15)19(17)18)8-3-5-9(13)6-4-8/h3-6,10,12,15H,2,7,13H2,1H3,(H,14,16)(H,17,18)/p-1. The lowest BCUT2D eigenvalue weighted by Gasteiger charge is -2.28. The zero-order valence-electron chi connectivity index (χ0n) is 10.5.